The van der Waals surface area contributed by atoms with Gasteiger partial charge in [-0.1, -0.05) is 60.7 Å². The molecule has 0 saturated heterocycles. The first-order chi connectivity index (χ1) is 15.0. The topological polar surface area (TPSA) is 103 Å². The molecule has 1 amide bonds. The van der Waals surface area contributed by atoms with Gasteiger partial charge in [-0.2, -0.15) is 5.10 Å². The molecular formula is C24H22N4O3. The average Bonchev–Trinajstić information content (AvgIpc) is 3.22. The Morgan fingerprint density at radius 3 is 2.19 bits per heavy atom. The molecule has 156 valence electrons. The molecule has 0 fully saturated rings. The summed E-state index contributed by atoms with van der Waals surface area (Å²) in [5, 5.41) is 7.28. The van der Waals surface area contributed by atoms with Crippen molar-refractivity contribution in [3.63, 3.8) is 0 Å². The Morgan fingerprint density at radius 2 is 1.65 bits per heavy atom. The average molecular weight is 414 g/mol. The normalized spacial score (nSPS) is 10.9. The van der Waals surface area contributed by atoms with Gasteiger partial charge < -0.3 is 15.5 Å². The number of nitrogens with two attached hydrogens (primary N) is 1. The molecular weight excluding hydrogens is 392 g/mol. The monoisotopic (exact) mass is 414 g/mol. The number of rotatable bonds is 6. The van der Waals surface area contributed by atoms with E-state index in [1.54, 1.807) is 12.1 Å². The Labute approximate surface area is 179 Å². The smallest absolute Gasteiger partial charge is 0.290 e. The van der Waals surface area contributed by atoms with E-state index < -0.39 is 5.56 Å². The number of nitrogens with zero attached hydrogens (tertiary/aromatic N) is 2. The van der Waals surface area contributed by atoms with Crippen molar-refractivity contribution in [3.8, 4) is 11.5 Å². The summed E-state index contributed by atoms with van der Waals surface area (Å²) in [5.41, 5.74) is 7.60. The van der Waals surface area contributed by atoms with Crippen molar-refractivity contribution in [1.29, 1.82) is 0 Å². The van der Waals surface area contributed by atoms with Gasteiger partial charge in [0.2, 0.25) is 5.91 Å². The number of hydrogen-bond donors (Lipinski definition) is 2. The minimum Gasteiger partial charge on any atom is -0.460 e. The van der Waals surface area contributed by atoms with Gasteiger partial charge in [0, 0.05) is 0 Å². The molecule has 4 aromatic rings. The highest BCUT2D eigenvalue weighted by Crippen LogP contribution is 2.22. The van der Waals surface area contributed by atoms with E-state index in [0.717, 1.165) is 15.8 Å². The number of nitrogens with one attached hydrogen (secondary N) is 1. The van der Waals surface area contributed by atoms with Crippen LogP contribution in [0, 0.1) is 6.92 Å². The van der Waals surface area contributed by atoms with Crippen LogP contribution in [0.3, 0.4) is 0 Å². The highest BCUT2D eigenvalue weighted by atomic mass is 16.3. The minimum atomic E-state index is -0.529. The van der Waals surface area contributed by atoms with E-state index in [1.165, 1.54) is 6.07 Å². The predicted molar refractivity (Wildman–Crippen MR) is 118 cm³/mol. The molecule has 0 unspecified atom stereocenters. The Balaban J connectivity index is 1.61. The van der Waals surface area contributed by atoms with Crippen LogP contribution in [0.1, 0.15) is 22.9 Å². The minimum absolute atomic E-state index is 0.00507. The van der Waals surface area contributed by atoms with Crippen molar-refractivity contribution in [1.82, 2.24) is 15.1 Å². The molecule has 0 aliphatic heterocycles. The highest BCUT2D eigenvalue weighted by Gasteiger charge is 2.18. The van der Waals surface area contributed by atoms with Gasteiger partial charge in [-0.25, -0.2) is 4.68 Å². The summed E-state index contributed by atoms with van der Waals surface area (Å²) < 4.78 is 6.63. The third-order valence-corrected chi connectivity index (χ3v) is 4.86. The molecule has 0 radical (unpaired) electrons. The first-order valence-electron chi connectivity index (χ1n) is 9.85. The van der Waals surface area contributed by atoms with E-state index in [9.17, 15) is 9.59 Å². The molecule has 3 N–H and O–H groups in total. The second-order valence-electron chi connectivity index (χ2n) is 7.18. The van der Waals surface area contributed by atoms with Crippen LogP contribution in [0.5, 0.6) is 0 Å². The third-order valence-electron chi connectivity index (χ3n) is 4.86. The van der Waals surface area contributed by atoms with Gasteiger partial charge in [-0.15, -0.1) is 0 Å². The van der Waals surface area contributed by atoms with Crippen molar-refractivity contribution in [3.05, 3.63) is 106 Å². The van der Waals surface area contributed by atoms with Crippen molar-refractivity contribution in [2.75, 3.05) is 5.73 Å². The lowest BCUT2D eigenvalue weighted by atomic mass is 9.99. The number of aryl methyl sites for hydroxylation is 1. The van der Waals surface area contributed by atoms with Gasteiger partial charge in [0.25, 0.3) is 5.56 Å². The largest absolute Gasteiger partial charge is 0.460 e. The maximum Gasteiger partial charge on any atom is 0.290 e. The van der Waals surface area contributed by atoms with E-state index in [4.69, 9.17) is 10.2 Å². The summed E-state index contributed by atoms with van der Waals surface area (Å²) >= 11 is 0. The Kier molecular flexibility index (Phi) is 5.66. The van der Waals surface area contributed by atoms with Crippen LogP contribution in [-0.4, -0.2) is 15.7 Å². The zero-order valence-electron chi connectivity index (χ0n) is 17.0. The molecule has 0 spiro atoms. The maximum absolute atomic E-state index is 12.9. The highest BCUT2D eigenvalue weighted by molar-refractivity contribution is 5.77. The van der Waals surface area contributed by atoms with Gasteiger partial charge in [0.15, 0.2) is 5.76 Å². The summed E-state index contributed by atoms with van der Waals surface area (Å²) in [7, 11) is 0. The number of amides is 1. The first-order valence-corrected chi connectivity index (χ1v) is 9.85. The van der Waals surface area contributed by atoms with Crippen LogP contribution in [0.25, 0.3) is 11.5 Å². The number of benzene rings is 2. The molecule has 0 saturated carbocycles. The number of nitrogen functional groups attached to an aromatic ring is 1. The number of hydrogen-bond acceptors (Lipinski definition) is 5. The number of furan rings is 1. The van der Waals surface area contributed by atoms with E-state index in [-0.39, 0.29) is 24.2 Å². The van der Waals surface area contributed by atoms with Crippen molar-refractivity contribution >= 4 is 11.6 Å². The van der Waals surface area contributed by atoms with Gasteiger partial charge in [-0.3, -0.25) is 9.59 Å². The zero-order valence-corrected chi connectivity index (χ0v) is 17.0. The van der Waals surface area contributed by atoms with E-state index in [1.807, 2.05) is 67.6 Å². The molecule has 0 aliphatic carbocycles. The summed E-state index contributed by atoms with van der Waals surface area (Å²) in [4.78, 5) is 25.4. The molecule has 2 heterocycles. The Hall–Kier alpha value is -4.13. The second-order valence-corrected chi connectivity index (χ2v) is 7.18. The summed E-state index contributed by atoms with van der Waals surface area (Å²) in [5.74, 6) is 0.823. The quantitative estimate of drug-likeness (QED) is 0.504. The number of anilines is 1. The number of aromatic nitrogens is 2. The van der Waals surface area contributed by atoms with Crippen LogP contribution in [0.4, 0.5) is 5.69 Å². The molecule has 2 aromatic heterocycles. The van der Waals surface area contributed by atoms with Gasteiger partial charge in [0.05, 0.1) is 6.04 Å². The molecule has 31 heavy (non-hydrogen) atoms. The molecule has 2 aromatic carbocycles. The summed E-state index contributed by atoms with van der Waals surface area (Å²) in [6.07, 6.45) is 0. The van der Waals surface area contributed by atoms with Crippen LogP contribution >= 0.6 is 0 Å². The molecule has 7 heteroatoms. The molecule has 0 atom stereocenters. The fraction of sp³-hybridized carbons (Fsp3) is 0.125. The number of carbonyl (C=O) groups excluding carboxylic acids is 1. The SMILES string of the molecule is Cc1ccc(-c2cc(N)c(=O)n(CC(=O)NC(c3ccccc3)c3ccccc3)n2)o1. The Bertz CT molecular complexity index is 1210. The molecule has 0 aliphatic rings. The lowest BCUT2D eigenvalue weighted by molar-refractivity contribution is -0.122. The lowest BCUT2D eigenvalue weighted by Crippen LogP contribution is -2.36. The van der Waals surface area contributed by atoms with Crippen molar-refractivity contribution in [2.24, 2.45) is 0 Å². The van der Waals surface area contributed by atoms with Gasteiger partial charge >= 0.3 is 0 Å². The fourth-order valence-electron chi connectivity index (χ4n) is 3.35. The second kappa shape index (κ2) is 8.71. The van der Waals surface area contributed by atoms with E-state index in [0.29, 0.717) is 17.2 Å². The van der Waals surface area contributed by atoms with Crippen LogP contribution in [0.2, 0.25) is 0 Å². The molecule has 4 rings (SSSR count). The first kappa shape index (κ1) is 20.2. The van der Waals surface area contributed by atoms with Crippen LogP contribution < -0.4 is 16.6 Å². The zero-order chi connectivity index (χ0) is 21.8. The third kappa shape index (κ3) is 4.56. The van der Waals surface area contributed by atoms with Crippen molar-refractivity contribution in [2.45, 2.75) is 19.5 Å². The fourth-order valence-corrected chi connectivity index (χ4v) is 3.35. The lowest BCUT2D eigenvalue weighted by Gasteiger charge is -2.20. The molecule has 7 nitrogen and oxygen atoms in total. The molecule has 0 bridgehead atoms. The Morgan fingerprint density at radius 1 is 1.03 bits per heavy atom. The summed E-state index contributed by atoms with van der Waals surface area (Å²) in [6.45, 7) is 1.54. The van der Waals surface area contributed by atoms with E-state index >= 15 is 0 Å². The van der Waals surface area contributed by atoms with Crippen LogP contribution in [0.15, 0.2) is 88.1 Å². The standard InChI is InChI=1S/C24H22N4O3/c1-16-12-13-21(31-16)20-14-19(25)24(30)28(27-20)15-22(29)26-23(17-8-4-2-5-9-17)18-10-6-3-7-11-18/h2-14,23H,15,25H2,1H3,(H,26,29). The summed E-state index contributed by atoms with van der Waals surface area (Å²) in [6, 6.07) is 23.9. The van der Waals surface area contributed by atoms with E-state index in [2.05, 4.69) is 10.4 Å². The van der Waals surface area contributed by atoms with Gasteiger partial charge in [-0.05, 0) is 36.2 Å². The predicted octanol–water partition coefficient (Wildman–Crippen LogP) is 3.30. The van der Waals surface area contributed by atoms with Crippen molar-refractivity contribution < 1.29 is 9.21 Å². The van der Waals surface area contributed by atoms with Crippen LogP contribution in [-0.2, 0) is 11.3 Å². The van der Waals surface area contributed by atoms with Gasteiger partial charge in [0.1, 0.15) is 23.7 Å². The maximum atomic E-state index is 12.9. The number of carbonyl (C=O) groups is 1.